The minimum atomic E-state index is -1.12. The van der Waals surface area contributed by atoms with Crippen molar-refractivity contribution in [3.8, 4) is 0 Å². The first-order chi connectivity index (χ1) is 9.08. The van der Waals surface area contributed by atoms with Gasteiger partial charge in [0, 0.05) is 16.9 Å². The lowest BCUT2D eigenvalue weighted by molar-refractivity contribution is 0.0698. The van der Waals surface area contributed by atoms with Gasteiger partial charge in [0.2, 0.25) is 0 Å². The molecule has 0 radical (unpaired) electrons. The number of halogens is 1. The van der Waals surface area contributed by atoms with E-state index in [1.54, 1.807) is 6.07 Å². The number of carbonyl (C=O) groups is 2. The second-order valence-corrected chi connectivity index (χ2v) is 4.46. The topological polar surface area (TPSA) is 92.2 Å². The first-order valence-electron chi connectivity index (χ1n) is 5.18. The first-order valence-corrected chi connectivity index (χ1v) is 5.97. The van der Waals surface area contributed by atoms with E-state index in [1.807, 2.05) is 0 Å². The lowest BCUT2D eigenvalue weighted by Gasteiger charge is -2.08. The van der Waals surface area contributed by atoms with Gasteiger partial charge in [0.15, 0.2) is 0 Å². The number of carboxylic acid groups (broad SMARTS) is 1. The van der Waals surface area contributed by atoms with Gasteiger partial charge >= 0.3 is 5.97 Å². The van der Waals surface area contributed by atoms with Crippen molar-refractivity contribution in [3.05, 3.63) is 52.5 Å². The zero-order valence-corrected chi connectivity index (χ0v) is 11.1. The summed E-state index contributed by atoms with van der Waals surface area (Å²) in [5.74, 6) is -1.64. The molecular formula is C12H8BrN3O3. The largest absolute Gasteiger partial charge is 0.478 e. The third-order valence-corrected chi connectivity index (χ3v) is 2.75. The van der Waals surface area contributed by atoms with E-state index in [9.17, 15) is 9.59 Å². The second kappa shape index (κ2) is 5.57. The number of nitrogens with zero attached hydrogens (tertiary/aromatic N) is 2. The van der Waals surface area contributed by atoms with E-state index in [1.165, 1.54) is 30.7 Å². The van der Waals surface area contributed by atoms with Crippen LogP contribution in [0.2, 0.25) is 0 Å². The van der Waals surface area contributed by atoms with Crippen LogP contribution in [0.4, 0.5) is 5.69 Å². The zero-order valence-electron chi connectivity index (χ0n) is 9.50. The molecule has 1 amide bonds. The number of amides is 1. The van der Waals surface area contributed by atoms with Crippen LogP contribution in [-0.4, -0.2) is 27.0 Å². The summed E-state index contributed by atoms with van der Waals surface area (Å²) in [5.41, 5.74) is 0.303. The summed E-state index contributed by atoms with van der Waals surface area (Å²) in [6, 6.07) is 4.50. The van der Waals surface area contributed by atoms with E-state index in [-0.39, 0.29) is 16.9 Å². The Labute approximate surface area is 116 Å². The molecule has 0 spiro atoms. The number of carbonyl (C=O) groups excluding carboxylic acids is 1. The molecule has 0 fully saturated rings. The van der Waals surface area contributed by atoms with Crippen molar-refractivity contribution in [1.29, 1.82) is 0 Å². The fourth-order valence-corrected chi connectivity index (χ4v) is 1.77. The number of carboxylic acids is 1. The van der Waals surface area contributed by atoms with Crippen LogP contribution in [0.3, 0.4) is 0 Å². The highest BCUT2D eigenvalue weighted by molar-refractivity contribution is 9.10. The molecule has 0 saturated carbocycles. The van der Waals surface area contributed by atoms with Crippen molar-refractivity contribution in [3.63, 3.8) is 0 Å². The minimum absolute atomic E-state index is 0.000408. The van der Waals surface area contributed by atoms with E-state index in [0.29, 0.717) is 4.47 Å². The Morgan fingerprint density at radius 1 is 1.26 bits per heavy atom. The minimum Gasteiger partial charge on any atom is -0.478 e. The maximum absolute atomic E-state index is 11.9. The van der Waals surface area contributed by atoms with Crippen LogP contribution in [0.15, 0.2) is 41.3 Å². The highest BCUT2D eigenvalue weighted by Crippen LogP contribution is 2.22. The summed E-state index contributed by atoms with van der Waals surface area (Å²) >= 11 is 3.22. The fraction of sp³-hybridized carbons (Fsp3) is 0. The van der Waals surface area contributed by atoms with E-state index in [0.717, 1.165) is 0 Å². The monoisotopic (exact) mass is 321 g/mol. The van der Waals surface area contributed by atoms with Crippen LogP contribution in [-0.2, 0) is 0 Å². The van der Waals surface area contributed by atoms with E-state index in [4.69, 9.17) is 5.11 Å². The molecule has 0 saturated heterocycles. The molecule has 0 aliphatic carbocycles. The standard InChI is InChI=1S/C12H8BrN3O3/c13-7-1-2-8(12(18)19)9(5-7)16-11(17)10-6-14-3-4-15-10/h1-6H,(H,16,17)(H,18,19). The molecule has 2 aromatic rings. The van der Waals surface area contributed by atoms with Gasteiger partial charge in [-0.1, -0.05) is 15.9 Å². The molecule has 2 N–H and O–H groups in total. The number of rotatable bonds is 3. The Balaban J connectivity index is 2.31. The summed E-state index contributed by atoms with van der Waals surface area (Å²) in [6.07, 6.45) is 4.13. The maximum Gasteiger partial charge on any atom is 0.337 e. The van der Waals surface area contributed by atoms with Gasteiger partial charge in [0.1, 0.15) is 5.69 Å². The second-order valence-electron chi connectivity index (χ2n) is 3.54. The smallest absolute Gasteiger partial charge is 0.337 e. The molecule has 0 unspecified atom stereocenters. The molecule has 1 aromatic carbocycles. The number of hydrogen-bond acceptors (Lipinski definition) is 4. The summed E-state index contributed by atoms with van der Waals surface area (Å²) in [4.78, 5) is 30.5. The van der Waals surface area contributed by atoms with Crippen LogP contribution in [0.5, 0.6) is 0 Å². The number of hydrogen-bond donors (Lipinski definition) is 2. The Morgan fingerprint density at radius 3 is 2.68 bits per heavy atom. The lowest BCUT2D eigenvalue weighted by atomic mass is 10.2. The number of nitrogens with one attached hydrogen (secondary N) is 1. The Bertz CT molecular complexity index is 631. The molecule has 0 bridgehead atoms. The van der Waals surface area contributed by atoms with Crippen molar-refractivity contribution in [2.45, 2.75) is 0 Å². The molecule has 0 aliphatic heterocycles. The Morgan fingerprint density at radius 2 is 2.05 bits per heavy atom. The fourth-order valence-electron chi connectivity index (χ4n) is 1.41. The van der Waals surface area contributed by atoms with Gasteiger partial charge in [-0.2, -0.15) is 0 Å². The quantitative estimate of drug-likeness (QED) is 0.904. The summed E-state index contributed by atoms with van der Waals surface area (Å²) < 4.78 is 0.659. The van der Waals surface area contributed by atoms with E-state index >= 15 is 0 Å². The predicted molar refractivity (Wildman–Crippen MR) is 71.1 cm³/mol. The van der Waals surface area contributed by atoms with E-state index < -0.39 is 11.9 Å². The third kappa shape index (κ3) is 3.14. The number of aromatic carboxylic acids is 1. The van der Waals surface area contributed by atoms with Gasteiger partial charge in [-0.3, -0.25) is 9.78 Å². The molecule has 0 aliphatic rings. The molecule has 1 heterocycles. The third-order valence-electron chi connectivity index (χ3n) is 2.26. The molecular weight excluding hydrogens is 314 g/mol. The van der Waals surface area contributed by atoms with Crippen molar-refractivity contribution < 1.29 is 14.7 Å². The van der Waals surface area contributed by atoms with Crippen molar-refractivity contribution in [1.82, 2.24) is 9.97 Å². The summed E-state index contributed by atoms with van der Waals surface area (Å²) in [5, 5.41) is 11.5. The van der Waals surface area contributed by atoms with Crippen LogP contribution in [0.25, 0.3) is 0 Å². The average Bonchev–Trinajstić information content (AvgIpc) is 2.39. The average molecular weight is 322 g/mol. The van der Waals surface area contributed by atoms with Crippen LogP contribution < -0.4 is 5.32 Å². The van der Waals surface area contributed by atoms with Crippen LogP contribution in [0, 0.1) is 0 Å². The zero-order chi connectivity index (χ0) is 13.8. The van der Waals surface area contributed by atoms with Crippen molar-refractivity contribution in [2.24, 2.45) is 0 Å². The molecule has 96 valence electrons. The number of benzene rings is 1. The first kappa shape index (κ1) is 13.2. The van der Waals surface area contributed by atoms with Crippen LogP contribution in [0.1, 0.15) is 20.8 Å². The summed E-state index contributed by atoms with van der Waals surface area (Å²) in [7, 11) is 0. The van der Waals surface area contributed by atoms with Gasteiger partial charge in [0.05, 0.1) is 17.4 Å². The van der Waals surface area contributed by atoms with Gasteiger partial charge in [-0.25, -0.2) is 9.78 Å². The van der Waals surface area contributed by atoms with Gasteiger partial charge in [-0.05, 0) is 18.2 Å². The highest BCUT2D eigenvalue weighted by Gasteiger charge is 2.14. The molecule has 19 heavy (non-hydrogen) atoms. The highest BCUT2D eigenvalue weighted by atomic mass is 79.9. The molecule has 6 nitrogen and oxygen atoms in total. The molecule has 0 atom stereocenters. The normalized spacial score (nSPS) is 9.95. The number of aromatic nitrogens is 2. The van der Waals surface area contributed by atoms with Crippen molar-refractivity contribution >= 4 is 33.5 Å². The Hall–Kier alpha value is -2.28. The maximum atomic E-state index is 11.9. The SMILES string of the molecule is O=C(Nc1cc(Br)ccc1C(=O)O)c1cnccn1. The molecule has 7 heteroatoms. The Kier molecular flexibility index (Phi) is 3.86. The molecule has 1 aromatic heterocycles. The summed E-state index contributed by atoms with van der Waals surface area (Å²) in [6.45, 7) is 0. The lowest BCUT2D eigenvalue weighted by Crippen LogP contribution is -2.16. The predicted octanol–water partition coefficient (Wildman–Crippen LogP) is 2.19. The molecule has 2 rings (SSSR count). The van der Waals surface area contributed by atoms with Crippen molar-refractivity contribution in [2.75, 3.05) is 5.32 Å². The van der Waals surface area contributed by atoms with Crippen LogP contribution >= 0.6 is 15.9 Å². The van der Waals surface area contributed by atoms with E-state index in [2.05, 4.69) is 31.2 Å². The van der Waals surface area contributed by atoms with Gasteiger partial charge in [-0.15, -0.1) is 0 Å². The number of anilines is 1. The van der Waals surface area contributed by atoms with Gasteiger partial charge in [0.25, 0.3) is 5.91 Å². The van der Waals surface area contributed by atoms with Gasteiger partial charge < -0.3 is 10.4 Å².